The van der Waals surface area contributed by atoms with Gasteiger partial charge in [-0.25, -0.2) is 0 Å². The van der Waals surface area contributed by atoms with E-state index in [1.807, 2.05) is 7.05 Å². The number of aryl methyl sites for hydroxylation is 1. The number of rotatable bonds is 7. The fraction of sp³-hybridized carbons (Fsp3) is 0.538. The van der Waals surface area contributed by atoms with Crippen molar-refractivity contribution in [2.75, 3.05) is 27.3 Å². The Labute approximate surface area is 92.6 Å². The van der Waals surface area contributed by atoms with Crippen LogP contribution in [0.4, 0.5) is 0 Å². The average Bonchev–Trinajstić information content (AvgIpc) is 2.28. The normalized spacial score (nSPS) is 12.7. The lowest BCUT2D eigenvalue weighted by Gasteiger charge is -2.15. The standard InChI is InChI=1S/C13H21NO/c1-14-10-13(11-15-2)9-8-12-6-4-3-5-7-12/h3-7,13-14H,8-11H2,1-2H3. The molecule has 1 atom stereocenters. The monoisotopic (exact) mass is 207 g/mol. The topological polar surface area (TPSA) is 21.3 Å². The van der Waals surface area contributed by atoms with Crippen LogP contribution < -0.4 is 5.32 Å². The van der Waals surface area contributed by atoms with E-state index in [4.69, 9.17) is 4.74 Å². The molecule has 0 aromatic heterocycles. The van der Waals surface area contributed by atoms with Gasteiger partial charge < -0.3 is 10.1 Å². The second kappa shape index (κ2) is 7.43. The molecule has 0 aliphatic heterocycles. The van der Waals surface area contributed by atoms with Gasteiger partial charge in [-0.15, -0.1) is 0 Å². The summed E-state index contributed by atoms with van der Waals surface area (Å²) in [5.41, 5.74) is 1.41. The third-order valence-electron chi connectivity index (χ3n) is 2.58. The zero-order valence-corrected chi connectivity index (χ0v) is 9.70. The Hall–Kier alpha value is -0.860. The van der Waals surface area contributed by atoms with Crippen LogP contribution in [0, 0.1) is 5.92 Å². The van der Waals surface area contributed by atoms with E-state index in [2.05, 4.69) is 35.6 Å². The molecule has 2 nitrogen and oxygen atoms in total. The molecular formula is C13H21NO. The van der Waals surface area contributed by atoms with E-state index in [1.54, 1.807) is 7.11 Å². The maximum Gasteiger partial charge on any atom is 0.0502 e. The predicted molar refractivity (Wildman–Crippen MR) is 64.1 cm³/mol. The fourth-order valence-corrected chi connectivity index (χ4v) is 1.78. The Morgan fingerprint density at radius 1 is 1.27 bits per heavy atom. The van der Waals surface area contributed by atoms with Crippen molar-refractivity contribution in [1.29, 1.82) is 0 Å². The highest BCUT2D eigenvalue weighted by Crippen LogP contribution is 2.09. The summed E-state index contributed by atoms with van der Waals surface area (Å²) in [6.07, 6.45) is 2.31. The van der Waals surface area contributed by atoms with Gasteiger partial charge in [-0.1, -0.05) is 30.3 Å². The van der Waals surface area contributed by atoms with E-state index in [-0.39, 0.29) is 0 Å². The highest BCUT2D eigenvalue weighted by atomic mass is 16.5. The van der Waals surface area contributed by atoms with E-state index >= 15 is 0 Å². The summed E-state index contributed by atoms with van der Waals surface area (Å²) >= 11 is 0. The Kier molecular flexibility index (Phi) is 6.05. The first-order chi connectivity index (χ1) is 7.36. The Morgan fingerprint density at radius 3 is 2.60 bits per heavy atom. The van der Waals surface area contributed by atoms with Gasteiger partial charge in [0.25, 0.3) is 0 Å². The molecule has 1 rings (SSSR count). The van der Waals surface area contributed by atoms with Gasteiger partial charge in [0.15, 0.2) is 0 Å². The van der Waals surface area contributed by atoms with Crippen LogP contribution in [0.2, 0.25) is 0 Å². The molecule has 0 spiro atoms. The molecule has 0 aliphatic carbocycles. The molecule has 0 aliphatic rings. The molecule has 15 heavy (non-hydrogen) atoms. The highest BCUT2D eigenvalue weighted by molar-refractivity contribution is 5.14. The quantitative estimate of drug-likeness (QED) is 0.739. The lowest BCUT2D eigenvalue weighted by atomic mass is 10.00. The van der Waals surface area contributed by atoms with Crippen LogP contribution in [0.1, 0.15) is 12.0 Å². The largest absolute Gasteiger partial charge is 0.384 e. The van der Waals surface area contributed by atoms with Gasteiger partial charge in [0.05, 0.1) is 6.61 Å². The third-order valence-corrected chi connectivity index (χ3v) is 2.58. The molecule has 0 amide bonds. The van der Waals surface area contributed by atoms with Crippen molar-refractivity contribution in [3.8, 4) is 0 Å². The van der Waals surface area contributed by atoms with E-state index in [9.17, 15) is 0 Å². The van der Waals surface area contributed by atoms with E-state index in [0.29, 0.717) is 5.92 Å². The first kappa shape index (κ1) is 12.2. The lowest BCUT2D eigenvalue weighted by Crippen LogP contribution is -2.23. The molecule has 0 heterocycles. The maximum absolute atomic E-state index is 5.20. The molecule has 0 fully saturated rings. The van der Waals surface area contributed by atoms with Crippen molar-refractivity contribution in [1.82, 2.24) is 5.32 Å². The van der Waals surface area contributed by atoms with Crippen LogP contribution >= 0.6 is 0 Å². The van der Waals surface area contributed by atoms with Crippen molar-refractivity contribution >= 4 is 0 Å². The average molecular weight is 207 g/mol. The number of nitrogens with one attached hydrogen (secondary N) is 1. The molecule has 0 saturated carbocycles. The number of hydrogen-bond acceptors (Lipinski definition) is 2. The Balaban J connectivity index is 2.33. The molecular weight excluding hydrogens is 186 g/mol. The van der Waals surface area contributed by atoms with Crippen molar-refractivity contribution in [3.05, 3.63) is 35.9 Å². The van der Waals surface area contributed by atoms with Gasteiger partial charge in [-0.2, -0.15) is 0 Å². The van der Waals surface area contributed by atoms with Gasteiger partial charge in [0.1, 0.15) is 0 Å². The van der Waals surface area contributed by atoms with E-state index in [1.165, 1.54) is 12.0 Å². The maximum atomic E-state index is 5.20. The summed E-state index contributed by atoms with van der Waals surface area (Å²) in [5, 5.41) is 3.21. The molecule has 1 aromatic rings. The fourth-order valence-electron chi connectivity index (χ4n) is 1.78. The van der Waals surface area contributed by atoms with E-state index < -0.39 is 0 Å². The van der Waals surface area contributed by atoms with Crippen LogP contribution in [-0.4, -0.2) is 27.3 Å². The van der Waals surface area contributed by atoms with Gasteiger partial charge in [0, 0.05) is 7.11 Å². The molecule has 0 radical (unpaired) electrons. The second-order valence-corrected chi connectivity index (χ2v) is 3.90. The van der Waals surface area contributed by atoms with Crippen LogP contribution in [0.5, 0.6) is 0 Å². The second-order valence-electron chi connectivity index (χ2n) is 3.90. The summed E-state index contributed by atoms with van der Waals surface area (Å²) in [6, 6.07) is 10.6. The van der Waals surface area contributed by atoms with Crippen molar-refractivity contribution < 1.29 is 4.74 Å². The summed E-state index contributed by atoms with van der Waals surface area (Å²) in [6.45, 7) is 1.87. The molecule has 0 bridgehead atoms. The minimum Gasteiger partial charge on any atom is -0.384 e. The lowest BCUT2D eigenvalue weighted by molar-refractivity contribution is 0.148. The SMILES string of the molecule is CNCC(CCc1ccccc1)COC. The number of benzene rings is 1. The number of methoxy groups -OCH3 is 1. The van der Waals surface area contributed by atoms with Crippen molar-refractivity contribution in [3.63, 3.8) is 0 Å². The molecule has 1 unspecified atom stereocenters. The van der Waals surface area contributed by atoms with Crippen molar-refractivity contribution in [2.24, 2.45) is 5.92 Å². The third kappa shape index (κ3) is 4.96. The van der Waals surface area contributed by atoms with Gasteiger partial charge >= 0.3 is 0 Å². The Bertz CT molecular complexity index is 242. The van der Waals surface area contributed by atoms with E-state index in [0.717, 1.165) is 19.6 Å². The van der Waals surface area contributed by atoms with Gasteiger partial charge in [-0.05, 0) is 37.9 Å². The first-order valence-corrected chi connectivity index (χ1v) is 5.54. The number of ether oxygens (including phenoxy) is 1. The van der Waals surface area contributed by atoms with Crippen molar-refractivity contribution in [2.45, 2.75) is 12.8 Å². The summed E-state index contributed by atoms with van der Waals surface area (Å²) < 4.78 is 5.20. The molecule has 2 heteroatoms. The predicted octanol–water partition coefficient (Wildman–Crippen LogP) is 2.10. The van der Waals surface area contributed by atoms with Crippen LogP contribution in [-0.2, 0) is 11.2 Å². The zero-order chi connectivity index (χ0) is 10.9. The van der Waals surface area contributed by atoms with Crippen LogP contribution in [0.3, 0.4) is 0 Å². The van der Waals surface area contributed by atoms with Gasteiger partial charge in [-0.3, -0.25) is 0 Å². The smallest absolute Gasteiger partial charge is 0.0502 e. The molecule has 1 N–H and O–H groups in total. The zero-order valence-electron chi connectivity index (χ0n) is 9.70. The van der Waals surface area contributed by atoms with Gasteiger partial charge in [0.2, 0.25) is 0 Å². The molecule has 84 valence electrons. The minimum absolute atomic E-state index is 0.611. The highest BCUT2D eigenvalue weighted by Gasteiger charge is 2.07. The summed E-state index contributed by atoms with van der Waals surface area (Å²) in [5.74, 6) is 0.611. The van der Waals surface area contributed by atoms with Crippen LogP contribution in [0.15, 0.2) is 30.3 Å². The van der Waals surface area contributed by atoms with Crippen LogP contribution in [0.25, 0.3) is 0 Å². The summed E-state index contributed by atoms with van der Waals surface area (Å²) in [7, 11) is 3.76. The Morgan fingerprint density at radius 2 is 2.00 bits per heavy atom. The minimum atomic E-state index is 0.611. The molecule has 0 saturated heterocycles. The number of hydrogen-bond donors (Lipinski definition) is 1. The first-order valence-electron chi connectivity index (χ1n) is 5.54. The summed E-state index contributed by atoms with van der Waals surface area (Å²) in [4.78, 5) is 0. The molecule has 1 aromatic carbocycles.